The van der Waals surface area contributed by atoms with Crippen molar-refractivity contribution in [3.8, 4) is 0 Å². The average Bonchev–Trinajstić information content (AvgIpc) is 3.41. The molecule has 37 heavy (non-hydrogen) atoms. The highest BCUT2D eigenvalue weighted by molar-refractivity contribution is 7.15. The van der Waals surface area contributed by atoms with Crippen molar-refractivity contribution in [2.75, 3.05) is 23.4 Å². The van der Waals surface area contributed by atoms with Crippen LogP contribution in [0.15, 0.2) is 42.5 Å². The predicted molar refractivity (Wildman–Crippen MR) is 133 cm³/mol. The van der Waals surface area contributed by atoms with Crippen molar-refractivity contribution < 1.29 is 33.4 Å². The van der Waals surface area contributed by atoms with E-state index in [1.165, 1.54) is 42.5 Å². The lowest BCUT2D eigenvalue weighted by molar-refractivity contribution is -0.119. The average molecular weight is 523 g/mol. The van der Waals surface area contributed by atoms with E-state index >= 15 is 0 Å². The first-order chi connectivity index (χ1) is 17.6. The van der Waals surface area contributed by atoms with Crippen LogP contribution in [0.5, 0.6) is 0 Å². The number of carbonyl (C=O) groups excluding carboxylic acids is 5. The van der Waals surface area contributed by atoms with Gasteiger partial charge in [-0.15, -0.1) is 10.2 Å². The number of benzene rings is 2. The molecule has 0 atom stereocenters. The first-order valence-electron chi connectivity index (χ1n) is 11.2. The maximum Gasteiger partial charge on any atom is 0.338 e. The largest absolute Gasteiger partial charge is 0.462 e. The van der Waals surface area contributed by atoms with E-state index in [-0.39, 0.29) is 27.7 Å². The minimum atomic E-state index is -0.841. The summed E-state index contributed by atoms with van der Waals surface area (Å²) < 4.78 is 10.2. The summed E-state index contributed by atoms with van der Waals surface area (Å²) in [6, 6.07) is 10.0. The highest BCUT2D eigenvalue weighted by Gasteiger charge is 2.39. The van der Waals surface area contributed by atoms with Gasteiger partial charge in [-0.05, 0) is 55.3 Å². The number of rotatable bonds is 8. The molecule has 0 fully saturated rings. The van der Waals surface area contributed by atoms with Gasteiger partial charge in [0.1, 0.15) is 5.01 Å². The van der Waals surface area contributed by atoms with Crippen LogP contribution in [0, 0.1) is 12.8 Å². The topological polar surface area (TPSA) is 145 Å². The van der Waals surface area contributed by atoms with Crippen LogP contribution in [0.2, 0.25) is 0 Å². The molecule has 1 aliphatic rings. The molecule has 0 unspecified atom stereocenters. The Labute approximate surface area is 215 Å². The molecule has 1 aromatic heterocycles. The number of hydrogen-bond acceptors (Lipinski definition) is 10. The summed E-state index contributed by atoms with van der Waals surface area (Å²) in [6.45, 7) is 5.28. The van der Waals surface area contributed by atoms with Gasteiger partial charge in [-0.25, -0.2) is 14.5 Å². The zero-order valence-electron chi connectivity index (χ0n) is 20.1. The fourth-order valence-electron chi connectivity index (χ4n) is 3.34. The molecule has 3 amide bonds. The van der Waals surface area contributed by atoms with Gasteiger partial charge in [0, 0.05) is 5.69 Å². The summed E-state index contributed by atoms with van der Waals surface area (Å²) in [5, 5.41) is 11.0. The second-order valence-electron chi connectivity index (χ2n) is 8.50. The third kappa shape index (κ3) is 5.70. The Morgan fingerprint density at radius 3 is 2.22 bits per heavy atom. The molecule has 12 heteroatoms. The van der Waals surface area contributed by atoms with E-state index in [0.29, 0.717) is 22.9 Å². The number of carbonyl (C=O) groups is 5. The maximum atomic E-state index is 12.8. The van der Waals surface area contributed by atoms with Crippen LogP contribution < -0.4 is 10.2 Å². The Bertz CT molecular complexity index is 1400. The third-order valence-corrected chi connectivity index (χ3v) is 5.94. The lowest BCUT2D eigenvalue weighted by Gasteiger charge is -2.09. The monoisotopic (exact) mass is 522 g/mol. The van der Waals surface area contributed by atoms with Crippen molar-refractivity contribution in [3.63, 3.8) is 0 Å². The fourth-order valence-corrected chi connectivity index (χ4v) is 4.03. The Kier molecular flexibility index (Phi) is 7.39. The van der Waals surface area contributed by atoms with E-state index in [0.717, 1.165) is 16.2 Å². The van der Waals surface area contributed by atoms with E-state index in [1.807, 2.05) is 13.8 Å². The molecule has 11 nitrogen and oxygen atoms in total. The first-order valence-corrected chi connectivity index (χ1v) is 12.0. The van der Waals surface area contributed by atoms with Crippen molar-refractivity contribution in [1.29, 1.82) is 0 Å². The second kappa shape index (κ2) is 10.7. The van der Waals surface area contributed by atoms with Crippen LogP contribution in [0.3, 0.4) is 0 Å². The molecule has 1 N–H and O–H groups in total. The van der Waals surface area contributed by atoms with E-state index in [1.54, 1.807) is 6.92 Å². The van der Waals surface area contributed by atoms with Crippen LogP contribution in [-0.2, 0) is 14.3 Å². The number of amides is 3. The van der Waals surface area contributed by atoms with Crippen molar-refractivity contribution >= 4 is 51.8 Å². The molecule has 0 radical (unpaired) electrons. The molecule has 0 aliphatic carbocycles. The first kappa shape index (κ1) is 25.6. The van der Waals surface area contributed by atoms with Gasteiger partial charge < -0.3 is 14.8 Å². The van der Waals surface area contributed by atoms with Gasteiger partial charge in [0.25, 0.3) is 17.7 Å². The predicted octanol–water partition coefficient (Wildman–Crippen LogP) is 3.26. The number of esters is 2. The highest BCUT2D eigenvalue weighted by atomic mass is 32.1. The normalized spacial score (nSPS) is 12.5. The number of hydrogen-bond donors (Lipinski definition) is 1. The molecule has 0 bridgehead atoms. The van der Waals surface area contributed by atoms with Crippen molar-refractivity contribution in [2.45, 2.75) is 20.8 Å². The standard InChI is InChI=1S/C25H22N4O7S/c1-13(2)11-35-23(33)15-4-7-17(8-5-15)26-20(30)12-36-24(34)16-6-9-18-19(10-16)22(32)29(21(18)31)25-28-27-14(3)37-25/h4-10,13H,11-12H2,1-3H3,(H,26,30). The summed E-state index contributed by atoms with van der Waals surface area (Å²) in [5.74, 6) is -2.88. The number of imide groups is 1. The molecule has 0 saturated heterocycles. The number of anilines is 2. The minimum absolute atomic E-state index is 0.00672. The third-order valence-electron chi connectivity index (χ3n) is 5.12. The SMILES string of the molecule is Cc1nnc(N2C(=O)c3ccc(C(=O)OCC(=O)Nc4ccc(C(=O)OCC(C)C)cc4)cc3C2=O)s1. The molecule has 2 heterocycles. The van der Waals surface area contributed by atoms with E-state index in [9.17, 15) is 24.0 Å². The van der Waals surface area contributed by atoms with E-state index in [4.69, 9.17) is 9.47 Å². The molecule has 2 aromatic carbocycles. The van der Waals surface area contributed by atoms with Gasteiger partial charge in [-0.2, -0.15) is 0 Å². The van der Waals surface area contributed by atoms with Crippen molar-refractivity contribution in [2.24, 2.45) is 5.92 Å². The summed E-state index contributed by atoms with van der Waals surface area (Å²) >= 11 is 1.09. The second-order valence-corrected chi connectivity index (χ2v) is 9.66. The van der Waals surface area contributed by atoms with Crippen LogP contribution in [0.25, 0.3) is 0 Å². The van der Waals surface area contributed by atoms with Crippen LogP contribution >= 0.6 is 11.3 Å². The Balaban J connectivity index is 1.33. The minimum Gasteiger partial charge on any atom is -0.462 e. The van der Waals surface area contributed by atoms with Crippen LogP contribution in [0.1, 0.15) is 60.3 Å². The Morgan fingerprint density at radius 1 is 0.919 bits per heavy atom. The summed E-state index contributed by atoms with van der Waals surface area (Å²) in [4.78, 5) is 63.1. The quantitative estimate of drug-likeness (QED) is 0.348. The Morgan fingerprint density at radius 2 is 1.57 bits per heavy atom. The van der Waals surface area contributed by atoms with Crippen molar-refractivity contribution in [3.05, 3.63) is 69.7 Å². The van der Waals surface area contributed by atoms with Gasteiger partial charge in [-0.3, -0.25) is 14.4 Å². The van der Waals surface area contributed by atoms with E-state index in [2.05, 4.69) is 15.5 Å². The number of nitrogens with one attached hydrogen (secondary N) is 1. The number of aryl methyl sites for hydroxylation is 1. The zero-order valence-corrected chi connectivity index (χ0v) is 21.0. The molecule has 4 rings (SSSR count). The number of fused-ring (bicyclic) bond motifs is 1. The van der Waals surface area contributed by atoms with Crippen LogP contribution in [0.4, 0.5) is 10.8 Å². The molecule has 3 aromatic rings. The van der Waals surface area contributed by atoms with Crippen molar-refractivity contribution in [1.82, 2.24) is 10.2 Å². The van der Waals surface area contributed by atoms with Crippen LogP contribution in [-0.4, -0.2) is 53.1 Å². The van der Waals surface area contributed by atoms with Gasteiger partial charge in [0.05, 0.1) is 28.9 Å². The molecule has 0 spiro atoms. The molecular formula is C25H22N4O7S. The summed E-state index contributed by atoms with van der Waals surface area (Å²) in [6.07, 6.45) is 0. The lowest BCUT2D eigenvalue weighted by atomic mass is 10.1. The summed E-state index contributed by atoms with van der Waals surface area (Å²) in [5.41, 5.74) is 0.907. The maximum absolute atomic E-state index is 12.8. The number of ether oxygens (including phenoxy) is 2. The molecule has 0 saturated carbocycles. The van der Waals surface area contributed by atoms with Gasteiger partial charge in [0.15, 0.2) is 6.61 Å². The Hall–Kier alpha value is -4.45. The van der Waals surface area contributed by atoms with E-state index < -0.39 is 36.3 Å². The summed E-state index contributed by atoms with van der Waals surface area (Å²) in [7, 11) is 0. The molecule has 1 aliphatic heterocycles. The smallest absolute Gasteiger partial charge is 0.338 e. The highest BCUT2D eigenvalue weighted by Crippen LogP contribution is 2.31. The molecular weight excluding hydrogens is 500 g/mol. The number of nitrogens with zero attached hydrogens (tertiary/aromatic N) is 3. The zero-order chi connectivity index (χ0) is 26.7. The lowest BCUT2D eigenvalue weighted by Crippen LogP contribution is -2.29. The number of aromatic nitrogens is 2. The van der Waals surface area contributed by atoms with Gasteiger partial charge in [-0.1, -0.05) is 25.2 Å². The molecule has 190 valence electrons. The van der Waals surface area contributed by atoms with Gasteiger partial charge >= 0.3 is 11.9 Å². The van der Waals surface area contributed by atoms with Gasteiger partial charge in [0.2, 0.25) is 5.13 Å². The fraction of sp³-hybridized carbons (Fsp3) is 0.240.